The molecule has 0 bridgehead atoms. The fraction of sp³-hybridized carbons (Fsp3) is 0.278. The summed E-state index contributed by atoms with van der Waals surface area (Å²) in [6, 6.07) is 15.8. The number of rotatable bonds is 3. The van der Waals surface area contributed by atoms with Crippen LogP contribution in [0.1, 0.15) is 23.5 Å². The Bertz CT molecular complexity index is 665. The Balaban J connectivity index is 1.73. The van der Waals surface area contributed by atoms with E-state index in [2.05, 4.69) is 0 Å². The van der Waals surface area contributed by atoms with E-state index >= 15 is 0 Å². The Kier molecular flexibility index (Phi) is 3.73. The van der Waals surface area contributed by atoms with Crippen LogP contribution in [0.2, 0.25) is 5.02 Å². The largest absolute Gasteiger partial charge is 0.315 e. The standard InChI is InChI=1S/C18H18ClNO/c1-12-7-9-13(10-8-12)20(2)18(21)16-11-15(16)14-5-3-4-6-17(14)19/h3-10,15-16H,11H2,1-2H3. The van der Waals surface area contributed by atoms with Gasteiger partial charge in [-0.05, 0) is 43.0 Å². The maximum absolute atomic E-state index is 12.6. The van der Waals surface area contributed by atoms with Gasteiger partial charge >= 0.3 is 0 Å². The number of nitrogens with zero attached hydrogens (tertiary/aromatic N) is 1. The molecule has 0 aliphatic heterocycles. The number of aryl methyl sites for hydroxylation is 1. The van der Waals surface area contributed by atoms with Crippen molar-refractivity contribution >= 4 is 23.2 Å². The van der Waals surface area contributed by atoms with Gasteiger partial charge in [0.25, 0.3) is 0 Å². The SMILES string of the molecule is Cc1ccc(N(C)C(=O)C2CC2c2ccccc2Cl)cc1. The van der Waals surface area contributed by atoms with Gasteiger partial charge in [0.1, 0.15) is 0 Å². The van der Waals surface area contributed by atoms with Gasteiger partial charge in [0, 0.05) is 23.7 Å². The molecule has 2 nitrogen and oxygen atoms in total. The normalized spacial score (nSPS) is 20.1. The summed E-state index contributed by atoms with van der Waals surface area (Å²) in [4.78, 5) is 14.3. The van der Waals surface area contributed by atoms with Gasteiger partial charge in [-0.15, -0.1) is 0 Å². The number of benzene rings is 2. The highest BCUT2D eigenvalue weighted by molar-refractivity contribution is 6.31. The second kappa shape index (κ2) is 5.53. The minimum absolute atomic E-state index is 0.0520. The monoisotopic (exact) mass is 299 g/mol. The van der Waals surface area contributed by atoms with E-state index < -0.39 is 0 Å². The van der Waals surface area contributed by atoms with Gasteiger partial charge < -0.3 is 4.90 Å². The van der Waals surface area contributed by atoms with Crippen molar-refractivity contribution in [1.82, 2.24) is 0 Å². The second-order valence-corrected chi connectivity index (χ2v) is 6.11. The van der Waals surface area contributed by atoms with Gasteiger partial charge in [0.2, 0.25) is 5.91 Å². The third-order valence-corrected chi connectivity index (χ3v) is 4.51. The van der Waals surface area contributed by atoms with E-state index in [0.29, 0.717) is 0 Å². The Hall–Kier alpha value is -1.80. The van der Waals surface area contributed by atoms with E-state index in [4.69, 9.17) is 11.6 Å². The third-order valence-electron chi connectivity index (χ3n) is 4.16. The van der Waals surface area contributed by atoms with Crippen LogP contribution in [0.15, 0.2) is 48.5 Å². The zero-order chi connectivity index (χ0) is 15.0. The summed E-state index contributed by atoms with van der Waals surface area (Å²) in [6.07, 6.45) is 0.888. The predicted molar refractivity (Wildman–Crippen MR) is 86.9 cm³/mol. The van der Waals surface area contributed by atoms with Crippen molar-refractivity contribution in [3.05, 3.63) is 64.7 Å². The fourth-order valence-corrected chi connectivity index (χ4v) is 3.01. The average molecular weight is 300 g/mol. The minimum atomic E-state index is 0.0520. The molecule has 2 unspecified atom stereocenters. The summed E-state index contributed by atoms with van der Waals surface area (Å²) in [7, 11) is 1.84. The molecule has 0 spiro atoms. The van der Waals surface area contributed by atoms with Gasteiger partial charge in [-0.1, -0.05) is 47.5 Å². The van der Waals surface area contributed by atoms with E-state index in [1.807, 2.05) is 62.5 Å². The van der Waals surface area contributed by atoms with Crippen molar-refractivity contribution in [1.29, 1.82) is 0 Å². The Morgan fingerprint density at radius 2 is 1.81 bits per heavy atom. The molecule has 0 saturated heterocycles. The van der Waals surface area contributed by atoms with Crippen LogP contribution in [0.25, 0.3) is 0 Å². The molecule has 1 aliphatic carbocycles. The van der Waals surface area contributed by atoms with Crippen LogP contribution in [0, 0.1) is 12.8 Å². The highest BCUT2D eigenvalue weighted by Gasteiger charge is 2.46. The molecule has 1 fully saturated rings. The Morgan fingerprint density at radius 1 is 1.14 bits per heavy atom. The van der Waals surface area contributed by atoms with E-state index in [1.165, 1.54) is 5.56 Å². The van der Waals surface area contributed by atoms with Gasteiger partial charge in [0.15, 0.2) is 0 Å². The molecular weight excluding hydrogens is 282 g/mol. The quantitative estimate of drug-likeness (QED) is 0.822. The summed E-state index contributed by atoms with van der Waals surface area (Å²) in [6.45, 7) is 2.04. The molecule has 0 aromatic heterocycles. The summed E-state index contributed by atoms with van der Waals surface area (Å²) < 4.78 is 0. The molecule has 2 aromatic carbocycles. The van der Waals surface area contributed by atoms with Crippen molar-refractivity contribution in [3.63, 3.8) is 0 Å². The summed E-state index contributed by atoms with van der Waals surface area (Å²) >= 11 is 6.22. The molecule has 2 atom stereocenters. The summed E-state index contributed by atoms with van der Waals surface area (Å²) in [5, 5.41) is 0.760. The van der Waals surface area contributed by atoms with Crippen LogP contribution in [-0.4, -0.2) is 13.0 Å². The van der Waals surface area contributed by atoms with Crippen LogP contribution in [0.4, 0.5) is 5.69 Å². The molecule has 1 aliphatic rings. The molecule has 2 aromatic rings. The first kappa shape index (κ1) is 14.2. The van der Waals surface area contributed by atoms with Crippen LogP contribution < -0.4 is 4.90 Å². The molecule has 21 heavy (non-hydrogen) atoms. The average Bonchev–Trinajstić information content (AvgIpc) is 3.27. The van der Waals surface area contributed by atoms with Crippen molar-refractivity contribution in [2.45, 2.75) is 19.3 Å². The number of hydrogen-bond donors (Lipinski definition) is 0. The number of carbonyl (C=O) groups excluding carboxylic acids is 1. The summed E-state index contributed by atoms with van der Waals surface area (Å²) in [5.41, 5.74) is 3.23. The van der Waals surface area contributed by atoms with Crippen LogP contribution in [0.5, 0.6) is 0 Å². The van der Waals surface area contributed by atoms with Crippen molar-refractivity contribution in [2.24, 2.45) is 5.92 Å². The molecule has 108 valence electrons. The maximum atomic E-state index is 12.6. The van der Waals surface area contributed by atoms with Crippen LogP contribution in [0.3, 0.4) is 0 Å². The molecule has 0 heterocycles. The molecule has 1 amide bonds. The van der Waals surface area contributed by atoms with Gasteiger partial charge in [0.05, 0.1) is 0 Å². The summed E-state index contributed by atoms with van der Waals surface area (Å²) in [5.74, 6) is 0.485. The van der Waals surface area contributed by atoms with Crippen molar-refractivity contribution in [3.8, 4) is 0 Å². The van der Waals surface area contributed by atoms with E-state index in [9.17, 15) is 4.79 Å². The number of anilines is 1. The Labute approximate surface area is 130 Å². The lowest BCUT2D eigenvalue weighted by Crippen LogP contribution is -2.28. The number of halogens is 1. The lowest BCUT2D eigenvalue weighted by atomic mass is 10.1. The first-order valence-electron chi connectivity index (χ1n) is 7.16. The van der Waals surface area contributed by atoms with Crippen LogP contribution >= 0.6 is 11.6 Å². The molecular formula is C18H18ClNO. The number of amides is 1. The second-order valence-electron chi connectivity index (χ2n) is 5.70. The minimum Gasteiger partial charge on any atom is -0.315 e. The molecule has 0 radical (unpaired) electrons. The highest BCUT2D eigenvalue weighted by Crippen LogP contribution is 2.50. The highest BCUT2D eigenvalue weighted by atomic mass is 35.5. The van der Waals surface area contributed by atoms with Gasteiger partial charge in [-0.3, -0.25) is 4.79 Å². The smallest absolute Gasteiger partial charge is 0.230 e. The van der Waals surface area contributed by atoms with Crippen molar-refractivity contribution in [2.75, 3.05) is 11.9 Å². The zero-order valence-corrected chi connectivity index (χ0v) is 13.0. The molecule has 1 saturated carbocycles. The fourth-order valence-electron chi connectivity index (χ4n) is 2.73. The van der Waals surface area contributed by atoms with E-state index in [1.54, 1.807) is 4.90 Å². The Morgan fingerprint density at radius 3 is 2.48 bits per heavy atom. The van der Waals surface area contributed by atoms with Crippen molar-refractivity contribution < 1.29 is 4.79 Å². The van der Waals surface area contributed by atoms with Gasteiger partial charge in [-0.2, -0.15) is 0 Å². The number of carbonyl (C=O) groups is 1. The molecule has 3 heteroatoms. The third kappa shape index (κ3) is 2.81. The van der Waals surface area contributed by atoms with E-state index in [0.717, 1.165) is 22.7 Å². The first-order valence-corrected chi connectivity index (χ1v) is 7.54. The number of hydrogen-bond acceptors (Lipinski definition) is 1. The van der Waals surface area contributed by atoms with Crippen LogP contribution in [-0.2, 0) is 4.79 Å². The van der Waals surface area contributed by atoms with E-state index in [-0.39, 0.29) is 17.7 Å². The van der Waals surface area contributed by atoms with Gasteiger partial charge in [-0.25, -0.2) is 0 Å². The lowest BCUT2D eigenvalue weighted by molar-refractivity contribution is -0.119. The first-order chi connectivity index (χ1) is 10.1. The topological polar surface area (TPSA) is 20.3 Å². The lowest BCUT2D eigenvalue weighted by Gasteiger charge is -2.17. The predicted octanol–water partition coefficient (Wildman–Crippen LogP) is 4.41. The maximum Gasteiger partial charge on any atom is 0.230 e. The molecule has 3 rings (SSSR count). The zero-order valence-electron chi connectivity index (χ0n) is 12.2. The molecule has 0 N–H and O–H groups in total.